The summed E-state index contributed by atoms with van der Waals surface area (Å²) in [6.07, 6.45) is 8.31. The largest absolute Gasteiger partial charge is 0.333 e. The van der Waals surface area contributed by atoms with Gasteiger partial charge in [0.05, 0.1) is 0 Å². The van der Waals surface area contributed by atoms with Crippen LogP contribution >= 0.6 is 0 Å². The molecular weight excluding hydrogens is 188 g/mol. The van der Waals surface area contributed by atoms with Crippen molar-refractivity contribution >= 4 is 6.03 Å². The molecule has 1 heterocycles. The molecule has 15 heavy (non-hydrogen) atoms. The van der Waals surface area contributed by atoms with Crippen molar-refractivity contribution in [1.29, 1.82) is 0 Å². The molecule has 3 heteroatoms. The van der Waals surface area contributed by atoms with Crippen LogP contribution in [0.4, 0.5) is 4.79 Å². The quantitative estimate of drug-likeness (QED) is 0.746. The lowest BCUT2D eigenvalue weighted by molar-refractivity contribution is 0.140. The fourth-order valence-electron chi connectivity index (χ4n) is 2.57. The summed E-state index contributed by atoms with van der Waals surface area (Å²) in [4.78, 5) is 14.0. The predicted molar refractivity (Wildman–Crippen MR) is 60.8 cm³/mol. The molecule has 1 N–H and O–H groups in total. The standard InChI is InChI=1S/C12H22N2O/c1-2-12(7-6-8-12)13-11(15)14-9-4-3-5-10-14/h2-10H2,1H3,(H,13,15). The molecule has 1 saturated carbocycles. The van der Waals surface area contributed by atoms with Crippen LogP contribution in [0.2, 0.25) is 0 Å². The monoisotopic (exact) mass is 210 g/mol. The van der Waals surface area contributed by atoms with Crippen LogP contribution in [0, 0.1) is 0 Å². The highest BCUT2D eigenvalue weighted by atomic mass is 16.2. The van der Waals surface area contributed by atoms with Crippen molar-refractivity contribution in [2.45, 2.75) is 57.4 Å². The van der Waals surface area contributed by atoms with Crippen molar-refractivity contribution in [2.24, 2.45) is 0 Å². The molecule has 0 radical (unpaired) electrons. The lowest BCUT2D eigenvalue weighted by Crippen LogP contribution is -2.57. The topological polar surface area (TPSA) is 32.3 Å². The molecule has 3 nitrogen and oxygen atoms in total. The summed E-state index contributed by atoms with van der Waals surface area (Å²) in [7, 11) is 0. The number of hydrogen-bond donors (Lipinski definition) is 1. The van der Waals surface area contributed by atoms with Crippen LogP contribution in [0.3, 0.4) is 0 Å². The normalized spacial score (nSPS) is 24.5. The van der Waals surface area contributed by atoms with Gasteiger partial charge in [0.15, 0.2) is 0 Å². The highest BCUT2D eigenvalue weighted by molar-refractivity contribution is 5.75. The first-order valence-electron chi connectivity index (χ1n) is 6.33. The van der Waals surface area contributed by atoms with Crippen LogP contribution in [0.15, 0.2) is 0 Å². The molecule has 0 aromatic carbocycles. The molecule has 1 saturated heterocycles. The van der Waals surface area contributed by atoms with E-state index in [1.54, 1.807) is 0 Å². The van der Waals surface area contributed by atoms with Crippen molar-refractivity contribution in [2.75, 3.05) is 13.1 Å². The average molecular weight is 210 g/mol. The summed E-state index contributed by atoms with van der Waals surface area (Å²) >= 11 is 0. The van der Waals surface area contributed by atoms with E-state index >= 15 is 0 Å². The highest BCUT2D eigenvalue weighted by Crippen LogP contribution is 2.34. The Kier molecular flexibility index (Phi) is 3.17. The third-order valence-electron chi connectivity index (χ3n) is 4.00. The Hall–Kier alpha value is -0.730. The Morgan fingerprint density at radius 3 is 2.33 bits per heavy atom. The van der Waals surface area contributed by atoms with E-state index in [1.165, 1.54) is 38.5 Å². The summed E-state index contributed by atoms with van der Waals surface area (Å²) in [5.74, 6) is 0. The molecule has 2 fully saturated rings. The number of piperidine rings is 1. The van der Waals surface area contributed by atoms with E-state index < -0.39 is 0 Å². The summed E-state index contributed by atoms with van der Waals surface area (Å²) in [5, 5.41) is 3.24. The number of rotatable bonds is 2. The molecule has 0 atom stereocenters. The number of carbonyl (C=O) groups is 1. The first-order valence-corrected chi connectivity index (χ1v) is 6.33. The molecule has 86 valence electrons. The maximum Gasteiger partial charge on any atom is 0.317 e. The molecular formula is C12H22N2O. The molecule has 2 amide bonds. The Morgan fingerprint density at radius 2 is 1.87 bits per heavy atom. The summed E-state index contributed by atoms with van der Waals surface area (Å²) in [6, 6.07) is 0.177. The third-order valence-corrected chi connectivity index (χ3v) is 4.00. The maximum absolute atomic E-state index is 12.0. The minimum absolute atomic E-state index is 0.147. The smallest absolute Gasteiger partial charge is 0.317 e. The zero-order valence-electron chi connectivity index (χ0n) is 9.72. The van der Waals surface area contributed by atoms with Gasteiger partial charge in [-0.1, -0.05) is 6.92 Å². The van der Waals surface area contributed by atoms with Crippen molar-refractivity contribution < 1.29 is 4.79 Å². The minimum Gasteiger partial charge on any atom is -0.333 e. The van der Waals surface area contributed by atoms with Gasteiger partial charge < -0.3 is 10.2 Å². The molecule has 0 spiro atoms. The summed E-state index contributed by atoms with van der Waals surface area (Å²) in [5.41, 5.74) is 0.147. The van der Waals surface area contributed by atoms with Crippen LogP contribution in [0.1, 0.15) is 51.9 Å². The average Bonchev–Trinajstić information content (AvgIpc) is 2.24. The molecule has 1 aliphatic carbocycles. The molecule has 1 aliphatic heterocycles. The van der Waals surface area contributed by atoms with Crippen LogP contribution in [-0.2, 0) is 0 Å². The second-order valence-corrected chi connectivity index (χ2v) is 4.97. The number of urea groups is 1. The van der Waals surface area contributed by atoms with E-state index in [1.807, 2.05) is 4.90 Å². The number of amides is 2. The maximum atomic E-state index is 12.0. The van der Waals surface area contributed by atoms with Crippen LogP contribution < -0.4 is 5.32 Å². The molecule has 2 aliphatic rings. The van der Waals surface area contributed by atoms with Gasteiger partial charge in [-0.15, -0.1) is 0 Å². The second-order valence-electron chi connectivity index (χ2n) is 4.97. The van der Waals surface area contributed by atoms with Gasteiger partial charge in [-0.3, -0.25) is 0 Å². The Morgan fingerprint density at radius 1 is 1.20 bits per heavy atom. The van der Waals surface area contributed by atoms with Gasteiger partial charge in [-0.25, -0.2) is 4.79 Å². The van der Waals surface area contributed by atoms with E-state index in [-0.39, 0.29) is 11.6 Å². The lowest BCUT2D eigenvalue weighted by Gasteiger charge is -2.43. The number of nitrogens with one attached hydrogen (secondary N) is 1. The van der Waals surface area contributed by atoms with E-state index in [4.69, 9.17) is 0 Å². The van der Waals surface area contributed by atoms with Gasteiger partial charge in [0.2, 0.25) is 0 Å². The van der Waals surface area contributed by atoms with Gasteiger partial charge in [-0.2, -0.15) is 0 Å². The van der Waals surface area contributed by atoms with E-state index in [0.717, 1.165) is 19.5 Å². The Balaban J connectivity index is 1.85. The first kappa shape index (κ1) is 10.8. The molecule has 0 aromatic heterocycles. The van der Waals surface area contributed by atoms with Gasteiger partial charge in [0, 0.05) is 18.6 Å². The van der Waals surface area contributed by atoms with Crippen molar-refractivity contribution in [3.8, 4) is 0 Å². The van der Waals surface area contributed by atoms with E-state index in [2.05, 4.69) is 12.2 Å². The molecule has 0 aromatic rings. The SMILES string of the molecule is CCC1(NC(=O)N2CCCCC2)CCC1. The minimum atomic E-state index is 0.147. The number of nitrogens with zero attached hydrogens (tertiary/aromatic N) is 1. The van der Waals surface area contributed by atoms with Crippen molar-refractivity contribution in [3.05, 3.63) is 0 Å². The van der Waals surface area contributed by atoms with Gasteiger partial charge in [-0.05, 0) is 44.9 Å². The lowest BCUT2D eigenvalue weighted by atomic mass is 9.75. The Labute approximate surface area is 92.2 Å². The second kappa shape index (κ2) is 4.42. The van der Waals surface area contributed by atoms with Crippen molar-refractivity contribution in [1.82, 2.24) is 10.2 Å². The number of likely N-dealkylation sites (tertiary alicyclic amines) is 1. The van der Waals surface area contributed by atoms with E-state index in [9.17, 15) is 4.79 Å². The fraction of sp³-hybridized carbons (Fsp3) is 0.917. The highest BCUT2D eigenvalue weighted by Gasteiger charge is 2.37. The third kappa shape index (κ3) is 2.27. The first-order chi connectivity index (χ1) is 7.26. The van der Waals surface area contributed by atoms with Gasteiger partial charge >= 0.3 is 6.03 Å². The molecule has 0 bridgehead atoms. The molecule has 2 rings (SSSR count). The zero-order chi connectivity index (χ0) is 10.7. The fourth-order valence-corrected chi connectivity index (χ4v) is 2.57. The molecule has 0 unspecified atom stereocenters. The zero-order valence-corrected chi connectivity index (χ0v) is 9.72. The summed E-state index contributed by atoms with van der Waals surface area (Å²) < 4.78 is 0. The van der Waals surface area contributed by atoms with Crippen LogP contribution in [-0.4, -0.2) is 29.6 Å². The van der Waals surface area contributed by atoms with Gasteiger partial charge in [0.25, 0.3) is 0 Å². The van der Waals surface area contributed by atoms with Gasteiger partial charge in [0.1, 0.15) is 0 Å². The summed E-state index contributed by atoms with van der Waals surface area (Å²) in [6.45, 7) is 4.08. The van der Waals surface area contributed by atoms with E-state index in [0.29, 0.717) is 0 Å². The van der Waals surface area contributed by atoms with Crippen LogP contribution in [0.5, 0.6) is 0 Å². The van der Waals surface area contributed by atoms with Crippen molar-refractivity contribution in [3.63, 3.8) is 0 Å². The number of hydrogen-bond acceptors (Lipinski definition) is 1. The Bertz CT molecular complexity index is 224. The number of carbonyl (C=O) groups excluding carboxylic acids is 1. The van der Waals surface area contributed by atoms with Crippen LogP contribution in [0.25, 0.3) is 0 Å². The predicted octanol–water partition coefficient (Wildman–Crippen LogP) is 2.51.